The summed E-state index contributed by atoms with van der Waals surface area (Å²) in [5.41, 5.74) is 1.56. The first-order chi connectivity index (χ1) is 9.53. The van der Waals surface area contributed by atoms with Gasteiger partial charge in [-0.15, -0.1) is 0 Å². The van der Waals surface area contributed by atoms with Crippen LogP contribution in [0.3, 0.4) is 0 Å². The first kappa shape index (κ1) is 14.5. The number of aromatic nitrogens is 3. The maximum absolute atomic E-state index is 12.2. The lowest BCUT2D eigenvalue weighted by Gasteiger charge is -2.10. The van der Waals surface area contributed by atoms with Crippen LogP contribution in [0.15, 0.2) is 35.7 Å². The highest BCUT2D eigenvalue weighted by Gasteiger charge is 2.17. The Balaban J connectivity index is 2.04. The number of sulfonamides is 1. The fraction of sp³-hybridized carbons (Fsp3) is 0.333. The van der Waals surface area contributed by atoms with Crippen LogP contribution in [-0.2, 0) is 16.6 Å². The molecule has 0 bridgehead atoms. The van der Waals surface area contributed by atoms with Crippen molar-refractivity contribution >= 4 is 15.7 Å². The minimum Gasteiger partial charge on any atom is -0.387 e. The van der Waals surface area contributed by atoms with Crippen LogP contribution >= 0.6 is 0 Å². The molecule has 0 aromatic carbocycles. The lowest BCUT2D eigenvalue weighted by molar-refractivity contribution is 0.560. The number of pyridine rings is 1. The molecular weight excluding hydrogens is 278 g/mol. The summed E-state index contributed by atoms with van der Waals surface area (Å²) in [7, 11) is -1.91. The van der Waals surface area contributed by atoms with Crippen LogP contribution in [0.4, 0.5) is 5.69 Å². The van der Waals surface area contributed by atoms with Gasteiger partial charge in [0.15, 0.2) is 0 Å². The number of nitrogens with zero attached hydrogens (tertiary/aromatic N) is 3. The van der Waals surface area contributed by atoms with E-state index in [2.05, 4.69) is 20.1 Å². The molecule has 0 spiro atoms. The van der Waals surface area contributed by atoms with Crippen LogP contribution in [0.1, 0.15) is 5.56 Å². The van der Waals surface area contributed by atoms with Gasteiger partial charge in [-0.1, -0.05) is 0 Å². The summed E-state index contributed by atoms with van der Waals surface area (Å²) in [6, 6.07) is 1.62. The normalized spacial score (nSPS) is 11.5. The van der Waals surface area contributed by atoms with Crippen molar-refractivity contribution in [1.82, 2.24) is 19.5 Å². The van der Waals surface area contributed by atoms with E-state index in [0.717, 1.165) is 5.56 Å². The first-order valence-electron chi connectivity index (χ1n) is 6.13. The van der Waals surface area contributed by atoms with E-state index in [1.807, 2.05) is 13.1 Å². The third-order valence-electron chi connectivity index (χ3n) is 2.74. The predicted octanol–water partition coefficient (Wildman–Crippen LogP) is 0.607. The van der Waals surface area contributed by atoms with Crippen molar-refractivity contribution in [2.24, 2.45) is 0 Å². The quantitative estimate of drug-likeness (QED) is 0.815. The van der Waals surface area contributed by atoms with Gasteiger partial charge in [-0.25, -0.2) is 13.1 Å². The van der Waals surface area contributed by atoms with Gasteiger partial charge in [-0.05, 0) is 18.6 Å². The van der Waals surface area contributed by atoms with Gasteiger partial charge in [0, 0.05) is 32.2 Å². The zero-order chi connectivity index (χ0) is 14.6. The molecule has 0 aliphatic heterocycles. The maximum Gasteiger partial charge on any atom is 0.244 e. The number of nitrogens with one attached hydrogen (secondary N) is 2. The Bertz CT molecular complexity index is 681. The molecule has 2 heterocycles. The predicted molar refractivity (Wildman–Crippen MR) is 75.9 cm³/mol. The van der Waals surface area contributed by atoms with Gasteiger partial charge in [0.25, 0.3) is 0 Å². The van der Waals surface area contributed by atoms with Crippen LogP contribution in [-0.4, -0.2) is 36.8 Å². The average molecular weight is 295 g/mol. The van der Waals surface area contributed by atoms with Crippen LogP contribution in [0, 0.1) is 6.92 Å². The topological polar surface area (TPSA) is 88.9 Å². The van der Waals surface area contributed by atoms with Crippen LogP contribution in [0.2, 0.25) is 0 Å². The molecule has 0 saturated carbocycles. The maximum atomic E-state index is 12.2. The highest BCUT2D eigenvalue weighted by molar-refractivity contribution is 7.89. The number of rotatable bonds is 6. The Hall–Kier alpha value is -1.93. The van der Waals surface area contributed by atoms with Gasteiger partial charge in [-0.2, -0.15) is 5.10 Å². The largest absolute Gasteiger partial charge is 0.387 e. The molecule has 0 amide bonds. The number of hydrogen-bond donors (Lipinski definition) is 2. The van der Waals surface area contributed by atoms with E-state index in [9.17, 15) is 8.42 Å². The van der Waals surface area contributed by atoms with Crippen molar-refractivity contribution < 1.29 is 8.42 Å². The zero-order valence-electron chi connectivity index (χ0n) is 11.4. The summed E-state index contributed by atoms with van der Waals surface area (Å²) in [6.07, 6.45) is 6.45. The van der Waals surface area contributed by atoms with Crippen molar-refractivity contribution in [2.45, 2.75) is 18.4 Å². The molecule has 0 atom stereocenters. The van der Waals surface area contributed by atoms with E-state index < -0.39 is 10.0 Å². The summed E-state index contributed by atoms with van der Waals surface area (Å²) < 4.78 is 28.6. The van der Waals surface area contributed by atoms with Crippen LogP contribution < -0.4 is 10.0 Å². The molecule has 2 aromatic heterocycles. The lowest BCUT2D eigenvalue weighted by Crippen LogP contribution is -2.28. The summed E-state index contributed by atoms with van der Waals surface area (Å²) in [6.45, 7) is 2.67. The fourth-order valence-electron chi connectivity index (χ4n) is 1.76. The summed E-state index contributed by atoms with van der Waals surface area (Å²) >= 11 is 0. The van der Waals surface area contributed by atoms with Gasteiger partial charge in [0.2, 0.25) is 10.0 Å². The highest BCUT2D eigenvalue weighted by atomic mass is 32.2. The molecule has 0 saturated heterocycles. The first-order valence-corrected chi connectivity index (χ1v) is 7.62. The highest BCUT2D eigenvalue weighted by Crippen LogP contribution is 2.18. The van der Waals surface area contributed by atoms with E-state index >= 15 is 0 Å². The van der Waals surface area contributed by atoms with Gasteiger partial charge < -0.3 is 5.32 Å². The molecule has 20 heavy (non-hydrogen) atoms. The average Bonchev–Trinajstić information content (AvgIpc) is 2.84. The van der Waals surface area contributed by atoms with Crippen molar-refractivity contribution in [3.8, 4) is 0 Å². The number of hydrogen-bond acceptors (Lipinski definition) is 5. The second kappa shape index (κ2) is 6.02. The molecule has 2 rings (SSSR count). The van der Waals surface area contributed by atoms with Crippen molar-refractivity contribution in [3.05, 3.63) is 36.4 Å². The molecule has 0 radical (unpaired) electrons. The molecule has 7 nitrogen and oxygen atoms in total. The molecule has 0 aliphatic rings. The van der Waals surface area contributed by atoms with E-state index in [-0.39, 0.29) is 11.4 Å². The van der Waals surface area contributed by atoms with Gasteiger partial charge in [0.05, 0.1) is 18.4 Å². The third-order valence-corrected chi connectivity index (χ3v) is 4.23. The van der Waals surface area contributed by atoms with Gasteiger partial charge in [0.1, 0.15) is 4.90 Å². The smallest absolute Gasteiger partial charge is 0.244 e. The summed E-state index contributed by atoms with van der Waals surface area (Å²) in [5, 5.41) is 6.94. The molecule has 108 valence electrons. The Kier molecular flexibility index (Phi) is 4.35. The van der Waals surface area contributed by atoms with Crippen molar-refractivity contribution in [1.29, 1.82) is 0 Å². The molecule has 2 aromatic rings. The van der Waals surface area contributed by atoms with Crippen LogP contribution in [0.25, 0.3) is 0 Å². The fourth-order valence-corrected chi connectivity index (χ4v) is 2.94. The third kappa shape index (κ3) is 3.34. The van der Waals surface area contributed by atoms with E-state index in [4.69, 9.17) is 0 Å². The van der Waals surface area contributed by atoms with Gasteiger partial charge in [-0.3, -0.25) is 9.67 Å². The standard InChI is InChI=1S/C12H17N5O2S/c1-10-7-15-17(9-10)6-5-16-20(18,19)12-8-14-4-3-11(12)13-2/h3-4,7-9,16H,5-6H2,1-2H3,(H,13,14). The van der Waals surface area contributed by atoms with Gasteiger partial charge >= 0.3 is 0 Å². The zero-order valence-corrected chi connectivity index (χ0v) is 12.2. The minimum atomic E-state index is -3.58. The van der Waals surface area contributed by atoms with E-state index in [1.165, 1.54) is 12.4 Å². The van der Waals surface area contributed by atoms with Crippen LogP contribution in [0.5, 0.6) is 0 Å². The second-order valence-electron chi connectivity index (χ2n) is 4.30. The number of anilines is 1. The second-order valence-corrected chi connectivity index (χ2v) is 6.04. The monoisotopic (exact) mass is 295 g/mol. The Labute approximate surface area is 118 Å². The Morgan fingerprint density at radius 3 is 2.80 bits per heavy atom. The molecule has 0 unspecified atom stereocenters. The van der Waals surface area contributed by atoms with Crippen molar-refractivity contribution in [3.63, 3.8) is 0 Å². The number of aryl methyl sites for hydroxylation is 1. The molecule has 0 aliphatic carbocycles. The SMILES string of the molecule is CNc1ccncc1S(=O)(=O)NCCn1cc(C)cn1. The Morgan fingerprint density at radius 2 is 2.15 bits per heavy atom. The molecule has 8 heteroatoms. The molecule has 2 N–H and O–H groups in total. The van der Waals surface area contributed by atoms with E-state index in [0.29, 0.717) is 12.2 Å². The minimum absolute atomic E-state index is 0.138. The molecule has 0 fully saturated rings. The van der Waals surface area contributed by atoms with Crippen molar-refractivity contribution in [2.75, 3.05) is 18.9 Å². The summed E-state index contributed by atoms with van der Waals surface area (Å²) in [4.78, 5) is 3.99. The lowest BCUT2D eigenvalue weighted by atomic mass is 10.4. The van der Waals surface area contributed by atoms with E-state index in [1.54, 1.807) is 24.0 Å². The molecular formula is C12H17N5O2S. The summed E-state index contributed by atoms with van der Waals surface area (Å²) in [5.74, 6) is 0. The Morgan fingerprint density at radius 1 is 1.35 bits per heavy atom.